The smallest absolute Gasteiger partial charge is 0.410 e. The number of anilines is 1. The first-order chi connectivity index (χ1) is 11.7. The van der Waals surface area contributed by atoms with Gasteiger partial charge < -0.3 is 19.9 Å². The van der Waals surface area contributed by atoms with Crippen LogP contribution in [0.25, 0.3) is 11.0 Å². The van der Waals surface area contributed by atoms with Crippen molar-refractivity contribution in [3.63, 3.8) is 0 Å². The molecule has 1 fully saturated rings. The summed E-state index contributed by atoms with van der Waals surface area (Å²) >= 11 is 0. The van der Waals surface area contributed by atoms with Crippen LogP contribution in [0.1, 0.15) is 50.7 Å². The topological polar surface area (TPSA) is 73.4 Å². The molecule has 3 rings (SSSR count). The van der Waals surface area contributed by atoms with E-state index in [0.29, 0.717) is 19.0 Å². The van der Waals surface area contributed by atoms with Crippen LogP contribution in [-0.4, -0.2) is 39.2 Å². The van der Waals surface area contributed by atoms with Crippen molar-refractivity contribution in [2.24, 2.45) is 7.05 Å². The number of pyridine rings is 1. The molecular weight excluding hydrogens is 316 g/mol. The van der Waals surface area contributed by atoms with E-state index >= 15 is 0 Å². The molecular formula is C19H28N4O2. The number of piperidine rings is 1. The fraction of sp³-hybridized carbons (Fsp3) is 0.579. The lowest BCUT2D eigenvalue weighted by Crippen LogP contribution is -2.41. The molecule has 0 atom stereocenters. The molecule has 25 heavy (non-hydrogen) atoms. The SMILES string of the molecule is Cc1c(N)cnc2c1c(C1CCN(C(=O)OC(C)(C)C)CC1)cn2C. The second kappa shape index (κ2) is 6.24. The van der Waals surface area contributed by atoms with E-state index in [2.05, 4.69) is 22.7 Å². The van der Waals surface area contributed by atoms with Crippen molar-refractivity contribution in [2.45, 2.75) is 52.1 Å². The van der Waals surface area contributed by atoms with Crippen molar-refractivity contribution in [1.29, 1.82) is 0 Å². The van der Waals surface area contributed by atoms with Crippen molar-refractivity contribution >= 4 is 22.8 Å². The van der Waals surface area contributed by atoms with Crippen LogP contribution < -0.4 is 5.73 Å². The quantitative estimate of drug-likeness (QED) is 0.858. The molecule has 6 nitrogen and oxygen atoms in total. The summed E-state index contributed by atoms with van der Waals surface area (Å²) in [4.78, 5) is 18.6. The van der Waals surface area contributed by atoms with Gasteiger partial charge in [0, 0.05) is 31.7 Å². The van der Waals surface area contributed by atoms with Gasteiger partial charge in [-0.25, -0.2) is 9.78 Å². The van der Waals surface area contributed by atoms with Crippen molar-refractivity contribution in [3.05, 3.63) is 23.5 Å². The van der Waals surface area contributed by atoms with Crippen molar-refractivity contribution in [1.82, 2.24) is 14.5 Å². The molecule has 1 amide bonds. The summed E-state index contributed by atoms with van der Waals surface area (Å²) in [6, 6.07) is 0. The number of amides is 1. The van der Waals surface area contributed by atoms with Gasteiger partial charge >= 0.3 is 6.09 Å². The average molecular weight is 344 g/mol. The van der Waals surface area contributed by atoms with E-state index in [1.54, 1.807) is 6.20 Å². The number of fused-ring (bicyclic) bond motifs is 1. The van der Waals surface area contributed by atoms with E-state index in [9.17, 15) is 4.79 Å². The van der Waals surface area contributed by atoms with Crippen LogP contribution in [0.2, 0.25) is 0 Å². The summed E-state index contributed by atoms with van der Waals surface area (Å²) in [5, 5.41) is 1.17. The molecule has 0 bridgehead atoms. The number of hydrogen-bond donors (Lipinski definition) is 1. The first kappa shape index (κ1) is 17.6. The monoisotopic (exact) mass is 344 g/mol. The highest BCUT2D eigenvalue weighted by atomic mass is 16.6. The number of aromatic nitrogens is 2. The zero-order valence-electron chi connectivity index (χ0n) is 15.8. The van der Waals surface area contributed by atoms with Gasteiger partial charge in [-0.2, -0.15) is 0 Å². The van der Waals surface area contributed by atoms with E-state index < -0.39 is 5.60 Å². The Morgan fingerprint density at radius 3 is 2.56 bits per heavy atom. The lowest BCUT2D eigenvalue weighted by atomic mass is 9.88. The predicted octanol–water partition coefficient (Wildman–Crippen LogP) is 3.58. The minimum atomic E-state index is -0.454. The third kappa shape index (κ3) is 3.43. The molecule has 2 N–H and O–H groups in total. The third-order valence-corrected chi connectivity index (χ3v) is 4.90. The summed E-state index contributed by atoms with van der Waals surface area (Å²) in [7, 11) is 2.02. The Morgan fingerprint density at radius 1 is 1.32 bits per heavy atom. The number of nitrogen functional groups attached to an aromatic ring is 1. The largest absolute Gasteiger partial charge is 0.444 e. The molecule has 2 aromatic rings. The fourth-order valence-corrected chi connectivity index (χ4v) is 3.56. The molecule has 1 saturated heterocycles. The molecule has 3 heterocycles. The lowest BCUT2D eigenvalue weighted by Gasteiger charge is -2.33. The number of aryl methyl sites for hydroxylation is 2. The number of carbonyl (C=O) groups is 1. The summed E-state index contributed by atoms with van der Waals surface area (Å²) < 4.78 is 7.55. The Balaban J connectivity index is 1.79. The van der Waals surface area contributed by atoms with Gasteiger partial charge in [-0.1, -0.05) is 0 Å². The third-order valence-electron chi connectivity index (χ3n) is 4.90. The zero-order chi connectivity index (χ0) is 18.4. The normalized spacial score (nSPS) is 16.4. The maximum Gasteiger partial charge on any atom is 0.410 e. The maximum absolute atomic E-state index is 12.2. The van der Waals surface area contributed by atoms with Gasteiger partial charge in [-0.3, -0.25) is 0 Å². The molecule has 136 valence electrons. The second-order valence-electron chi connectivity index (χ2n) is 7.97. The van der Waals surface area contributed by atoms with Crippen LogP contribution in [0.3, 0.4) is 0 Å². The number of rotatable bonds is 1. The van der Waals surface area contributed by atoms with E-state index in [0.717, 1.165) is 29.7 Å². The van der Waals surface area contributed by atoms with E-state index in [-0.39, 0.29) is 6.09 Å². The lowest BCUT2D eigenvalue weighted by molar-refractivity contribution is 0.0205. The number of nitrogens with two attached hydrogens (primary N) is 1. The van der Waals surface area contributed by atoms with E-state index in [1.165, 1.54) is 10.9 Å². The van der Waals surface area contributed by atoms with E-state index in [4.69, 9.17) is 10.5 Å². The highest BCUT2D eigenvalue weighted by Crippen LogP contribution is 2.36. The number of nitrogens with zero attached hydrogens (tertiary/aromatic N) is 3. The molecule has 6 heteroatoms. The molecule has 0 saturated carbocycles. The average Bonchev–Trinajstić information content (AvgIpc) is 2.87. The van der Waals surface area contributed by atoms with Crippen molar-refractivity contribution < 1.29 is 9.53 Å². The Labute approximate surface area is 149 Å². The summed E-state index contributed by atoms with van der Waals surface area (Å²) in [5.41, 5.74) is 9.70. The Hall–Kier alpha value is -2.24. The van der Waals surface area contributed by atoms with Crippen molar-refractivity contribution in [2.75, 3.05) is 18.8 Å². The molecule has 2 aromatic heterocycles. The summed E-state index contributed by atoms with van der Waals surface area (Å²) in [6.07, 6.45) is 5.52. The van der Waals surface area contributed by atoms with Gasteiger partial charge in [0.1, 0.15) is 11.2 Å². The first-order valence-corrected chi connectivity index (χ1v) is 8.85. The Bertz CT molecular complexity index is 796. The summed E-state index contributed by atoms with van der Waals surface area (Å²) in [5.74, 6) is 0.407. The van der Waals surface area contributed by atoms with Gasteiger partial charge in [-0.05, 0) is 57.6 Å². The maximum atomic E-state index is 12.2. The van der Waals surface area contributed by atoms with Gasteiger partial charge in [0.2, 0.25) is 0 Å². The molecule has 0 unspecified atom stereocenters. The Kier molecular flexibility index (Phi) is 4.39. The van der Waals surface area contributed by atoms with Crippen LogP contribution in [0, 0.1) is 6.92 Å². The van der Waals surface area contributed by atoms with Gasteiger partial charge in [0.25, 0.3) is 0 Å². The van der Waals surface area contributed by atoms with Crippen LogP contribution in [0.15, 0.2) is 12.4 Å². The minimum Gasteiger partial charge on any atom is -0.444 e. The molecule has 1 aliphatic rings. The number of likely N-dealkylation sites (tertiary alicyclic amines) is 1. The molecule has 0 radical (unpaired) electrons. The van der Waals surface area contributed by atoms with Gasteiger partial charge in [0.05, 0.1) is 11.9 Å². The predicted molar refractivity (Wildman–Crippen MR) is 99.6 cm³/mol. The van der Waals surface area contributed by atoms with Crippen LogP contribution in [0.4, 0.5) is 10.5 Å². The Morgan fingerprint density at radius 2 is 1.96 bits per heavy atom. The molecule has 0 spiro atoms. The standard InChI is InChI=1S/C19H28N4O2/c1-12-15(20)10-21-17-16(12)14(11-22(17)5)13-6-8-23(9-7-13)18(24)25-19(2,3)4/h10-11,13H,6-9,20H2,1-5H3. The number of hydrogen-bond acceptors (Lipinski definition) is 4. The van der Waals surface area contributed by atoms with Crippen molar-refractivity contribution in [3.8, 4) is 0 Å². The summed E-state index contributed by atoms with van der Waals surface area (Å²) in [6.45, 7) is 9.17. The minimum absolute atomic E-state index is 0.217. The highest BCUT2D eigenvalue weighted by molar-refractivity contribution is 5.88. The van der Waals surface area contributed by atoms with Gasteiger partial charge in [0.15, 0.2) is 0 Å². The molecule has 1 aliphatic heterocycles. The van der Waals surface area contributed by atoms with Crippen LogP contribution >= 0.6 is 0 Å². The van der Waals surface area contributed by atoms with Gasteiger partial charge in [-0.15, -0.1) is 0 Å². The van der Waals surface area contributed by atoms with Crippen LogP contribution in [0.5, 0.6) is 0 Å². The number of carbonyl (C=O) groups excluding carboxylic acids is 1. The zero-order valence-corrected chi connectivity index (χ0v) is 15.8. The first-order valence-electron chi connectivity index (χ1n) is 8.85. The molecule has 0 aromatic carbocycles. The van der Waals surface area contributed by atoms with E-state index in [1.807, 2.05) is 32.7 Å². The second-order valence-corrected chi connectivity index (χ2v) is 7.97. The fourth-order valence-electron chi connectivity index (χ4n) is 3.56. The molecule has 0 aliphatic carbocycles. The highest BCUT2D eigenvalue weighted by Gasteiger charge is 2.29. The van der Waals surface area contributed by atoms with Crippen LogP contribution in [-0.2, 0) is 11.8 Å². The number of ether oxygens (including phenoxy) is 1.